The van der Waals surface area contributed by atoms with E-state index in [1.54, 1.807) is 0 Å². The van der Waals surface area contributed by atoms with Gasteiger partial charge in [-0.1, -0.05) is 20.3 Å². The number of aromatic nitrogens is 1. The molecule has 0 aliphatic rings. The molecule has 0 bridgehead atoms. The van der Waals surface area contributed by atoms with Crippen LogP contribution in [0, 0.1) is 5.92 Å². The summed E-state index contributed by atoms with van der Waals surface area (Å²) in [6, 6.07) is 4.00. The first-order chi connectivity index (χ1) is 9.93. The largest absolute Gasteiger partial charge is 0.391 e. The van der Waals surface area contributed by atoms with E-state index in [0.29, 0.717) is 6.54 Å². The molecule has 1 aromatic rings. The van der Waals surface area contributed by atoms with Crippen LogP contribution in [0.3, 0.4) is 0 Å². The molecule has 5 heteroatoms. The van der Waals surface area contributed by atoms with E-state index in [4.69, 9.17) is 0 Å². The molecule has 120 valence electrons. The fourth-order valence-electron chi connectivity index (χ4n) is 2.14. The lowest BCUT2D eigenvalue weighted by atomic mass is 10.0. The Balaban J connectivity index is 2.23. The number of hydrogen-bond donors (Lipinski definition) is 3. The number of urea groups is 1. The summed E-state index contributed by atoms with van der Waals surface area (Å²) >= 11 is 0. The van der Waals surface area contributed by atoms with Gasteiger partial charge in [0, 0.05) is 31.5 Å². The van der Waals surface area contributed by atoms with Gasteiger partial charge in [0.25, 0.3) is 0 Å². The second-order valence-corrected chi connectivity index (χ2v) is 5.86. The SMILES string of the molecule is CCC(C)C(O)CNC(=O)NC(C)CCc1cccn1C. The molecule has 0 spiro atoms. The van der Waals surface area contributed by atoms with E-state index in [0.717, 1.165) is 19.3 Å². The van der Waals surface area contributed by atoms with E-state index in [-0.39, 0.29) is 18.0 Å². The molecule has 0 fully saturated rings. The number of aryl methyl sites for hydroxylation is 2. The summed E-state index contributed by atoms with van der Waals surface area (Å²) < 4.78 is 2.09. The van der Waals surface area contributed by atoms with Gasteiger partial charge in [0.05, 0.1) is 6.10 Å². The number of nitrogens with one attached hydrogen (secondary N) is 2. The monoisotopic (exact) mass is 295 g/mol. The van der Waals surface area contributed by atoms with Crippen molar-refractivity contribution in [3.05, 3.63) is 24.0 Å². The fourth-order valence-corrected chi connectivity index (χ4v) is 2.14. The summed E-state index contributed by atoms with van der Waals surface area (Å²) in [5.74, 6) is 0.195. The first-order valence-corrected chi connectivity index (χ1v) is 7.76. The number of aliphatic hydroxyl groups excluding tert-OH is 1. The zero-order valence-corrected chi connectivity index (χ0v) is 13.6. The van der Waals surface area contributed by atoms with E-state index in [9.17, 15) is 9.90 Å². The average Bonchev–Trinajstić information content (AvgIpc) is 2.87. The molecule has 1 aromatic heterocycles. The Morgan fingerprint density at radius 1 is 1.43 bits per heavy atom. The maximum Gasteiger partial charge on any atom is 0.315 e. The summed E-state index contributed by atoms with van der Waals surface area (Å²) in [7, 11) is 2.02. The van der Waals surface area contributed by atoms with Crippen LogP contribution >= 0.6 is 0 Å². The Morgan fingerprint density at radius 2 is 2.14 bits per heavy atom. The fraction of sp³-hybridized carbons (Fsp3) is 0.688. The minimum Gasteiger partial charge on any atom is -0.391 e. The average molecular weight is 295 g/mol. The third kappa shape index (κ3) is 6.21. The number of amides is 2. The minimum absolute atomic E-state index is 0.0978. The predicted molar refractivity (Wildman–Crippen MR) is 85.2 cm³/mol. The summed E-state index contributed by atoms with van der Waals surface area (Å²) in [5.41, 5.74) is 1.26. The van der Waals surface area contributed by atoms with E-state index in [1.807, 2.05) is 40.1 Å². The first kappa shape index (κ1) is 17.6. The van der Waals surface area contributed by atoms with Gasteiger partial charge in [0.15, 0.2) is 0 Å². The number of carbonyl (C=O) groups excluding carboxylic acids is 1. The summed E-state index contributed by atoms with van der Waals surface area (Å²) in [6.45, 7) is 6.30. The second kappa shape index (κ2) is 8.72. The van der Waals surface area contributed by atoms with E-state index in [1.165, 1.54) is 5.69 Å². The molecule has 1 rings (SSSR count). The van der Waals surface area contributed by atoms with Gasteiger partial charge in [0.2, 0.25) is 0 Å². The summed E-state index contributed by atoms with van der Waals surface area (Å²) in [4.78, 5) is 11.8. The van der Waals surface area contributed by atoms with Crippen LogP contribution in [0.15, 0.2) is 18.3 Å². The Labute approximate surface area is 127 Å². The Kier molecular flexibility index (Phi) is 7.29. The molecule has 0 aliphatic heterocycles. The smallest absolute Gasteiger partial charge is 0.315 e. The van der Waals surface area contributed by atoms with Crippen LogP contribution in [0.1, 0.15) is 39.3 Å². The molecular weight excluding hydrogens is 266 g/mol. The van der Waals surface area contributed by atoms with Crippen LogP contribution < -0.4 is 10.6 Å². The van der Waals surface area contributed by atoms with Crippen molar-refractivity contribution in [2.75, 3.05) is 6.54 Å². The van der Waals surface area contributed by atoms with Crippen molar-refractivity contribution in [3.63, 3.8) is 0 Å². The lowest BCUT2D eigenvalue weighted by Crippen LogP contribution is -2.44. The second-order valence-electron chi connectivity index (χ2n) is 5.86. The van der Waals surface area contributed by atoms with Crippen LogP contribution in [0.4, 0.5) is 4.79 Å². The molecule has 0 saturated carbocycles. The predicted octanol–water partition coefficient (Wildman–Crippen LogP) is 2.05. The molecule has 5 nitrogen and oxygen atoms in total. The number of nitrogens with zero attached hydrogens (tertiary/aromatic N) is 1. The van der Waals surface area contributed by atoms with Crippen LogP contribution in [0.2, 0.25) is 0 Å². The van der Waals surface area contributed by atoms with Crippen molar-refractivity contribution in [1.82, 2.24) is 15.2 Å². The Morgan fingerprint density at radius 3 is 2.71 bits per heavy atom. The highest BCUT2D eigenvalue weighted by Crippen LogP contribution is 2.07. The molecule has 3 unspecified atom stereocenters. The maximum absolute atomic E-state index is 11.8. The highest BCUT2D eigenvalue weighted by atomic mass is 16.3. The lowest BCUT2D eigenvalue weighted by Gasteiger charge is -2.19. The summed E-state index contributed by atoms with van der Waals surface area (Å²) in [6.07, 6.45) is 4.26. The maximum atomic E-state index is 11.8. The zero-order chi connectivity index (χ0) is 15.8. The standard InChI is InChI=1S/C16H29N3O2/c1-5-12(2)15(20)11-17-16(21)18-13(3)8-9-14-7-6-10-19(14)4/h6-7,10,12-13,15,20H,5,8-9,11H2,1-4H3,(H2,17,18,21). The van der Waals surface area contributed by atoms with E-state index in [2.05, 4.69) is 21.3 Å². The van der Waals surface area contributed by atoms with Gasteiger partial charge in [0.1, 0.15) is 0 Å². The van der Waals surface area contributed by atoms with Gasteiger partial charge in [-0.05, 0) is 37.8 Å². The van der Waals surface area contributed by atoms with Gasteiger partial charge >= 0.3 is 6.03 Å². The van der Waals surface area contributed by atoms with Crippen molar-refractivity contribution in [3.8, 4) is 0 Å². The minimum atomic E-state index is -0.487. The van der Waals surface area contributed by atoms with Crippen LogP contribution in [0.25, 0.3) is 0 Å². The molecule has 21 heavy (non-hydrogen) atoms. The quantitative estimate of drug-likeness (QED) is 0.687. The normalized spacial score (nSPS) is 15.3. The molecule has 3 atom stereocenters. The number of rotatable bonds is 8. The third-order valence-corrected chi connectivity index (χ3v) is 4.03. The van der Waals surface area contributed by atoms with Crippen molar-refractivity contribution in [1.29, 1.82) is 0 Å². The zero-order valence-electron chi connectivity index (χ0n) is 13.6. The Hall–Kier alpha value is -1.49. The summed E-state index contributed by atoms with van der Waals surface area (Å²) in [5, 5.41) is 15.4. The number of carbonyl (C=O) groups is 1. The van der Waals surface area contributed by atoms with Crippen LogP contribution in [-0.2, 0) is 13.5 Å². The van der Waals surface area contributed by atoms with Gasteiger partial charge < -0.3 is 20.3 Å². The third-order valence-electron chi connectivity index (χ3n) is 4.03. The molecule has 2 amide bonds. The molecular formula is C16H29N3O2. The van der Waals surface area contributed by atoms with E-state index < -0.39 is 6.10 Å². The van der Waals surface area contributed by atoms with Crippen molar-refractivity contribution in [2.45, 2.75) is 52.2 Å². The lowest BCUT2D eigenvalue weighted by molar-refractivity contribution is 0.114. The van der Waals surface area contributed by atoms with Crippen molar-refractivity contribution < 1.29 is 9.90 Å². The van der Waals surface area contributed by atoms with E-state index >= 15 is 0 Å². The highest BCUT2D eigenvalue weighted by Gasteiger charge is 2.14. The number of aliphatic hydroxyl groups is 1. The topological polar surface area (TPSA) is 66.3 Å². The molecule has 0 saturated heterocycles. The first-order valence-electron chi connectivity index (χ1n) is 7.76. The van der Waals surface area contributed by atoms with Crippen LogP contribution in [-0.4, -0.2) is 34.4 Å². The number of hydrogen-bond acceptors (Lipinski definition) is 2. The highest BCUT2D eigenvalue weighted by molar-refractivity contribution is 5.74. The molecule has 1 heterocycles. The Bertz CT molecular complexity index is 431. The van der Waals surface area contributed by atoms with Gasteiger partial charge in [-0.2, -0.15) is 0 Å². The molecule has 0 radical (unpaired) electrons. The van der Waals surface area contributed by atoms with Gasteiger partial charge in [-0.15, -0.1) is 0 Å². The molecule has 0 aliphatic carbocycles. The van der Waals surface area contributed by atoms with Gasteiger partial charge in [-0.25, -0.2) is 4.79 Å². The van der Waals surface area contributed by atoms with Crippen molar-refractivity contribution >= 4 is 6.03 Å². The molecule has 3 N–H and O–H groups in total. The van der Waals surface area contributed by atoms with Crippen molar-refractivity contribution in [2.24, 2.45) is 13.0 Å². The van der Waals surface area contributed by atoms with Crippen LogP contribution in [0.5, 0.6) is 0 Å². The van der Waals surface area contributed by atoms with Gasteiger partial charge in [-0.3, -0.25) is 0 Å². The molecule has 0 aromatic carbocycles.